The van der Waals surface area contributed by atoms with Crippen molar-refractivity contribution >= 4 is 21.7 Å². The summed E-state index contributed by atoms with van der Waals surface area (Å²) in [5.41, 5.74) is 0.786. The van der Waals surface area contributed by atoms with Gasteiger partial charge in [-0.1, -0.05) is 0 Å². The Hall–Kier alpha value is -2.00. The topological polar surface area (TPSA) is 101 Å². The summed E-state index contributed by atoms with van der Waals surface area (Å²) in [6.45, 7) is 7.27. The van der Waals surface area contributed by atoms with Crippen LogP contribution in [0, 0.1) is 0 Å². The average molecular weight is 372 g/mol. The Morgan fingerprint density at radius 1 is 1.20 bits per heavy atom. The molecule has 8 nitrogen and oxygen atoms in total. The van der Waals surface area contributed by atoms with Crippen molar-refractivity contribution in [3.05, 3.63) is 18.2 Å². The van der Waals surface area contributed by atoms with E-state index in [4.69, 9.17) is 9.47 Å². The number of nitrogens with zero attached hydrogens (tertiary/aromatic N) is 1. The van der Waals surface area contributed by atoms with Crippen LogP contribution in [0.15, 0.2) is 23.2 Å². The van der Waals surface area contributed by atoms with Gasteiger partial charge in [0.1, 0.15) is 0 Å². The van der Waals surface area contributed by atoms with Crippen LogP contribution in [0.5, 0.6) is 11.5 Å². The van der Waals surface area contributed by atoms with Crippen LogP contribution in [0.4, 0.5) is 5.69 Å². The number of ether oxygens (including phenoxy) is 2. The van der Waals surface area contributed by atoms with Crippen LogP contribution in [0.1, 0.15) is 20.8 Å². The van der Waals surface area contributed by atoms with Crippen molar-refractivity contribution in [2.45, 2.75) is 20.8 Å². The zero-order chi connectivity index (χ0) is 18.7. The first-order valence-corrected chi connectivity index (χ1v) is 9.94. The number of hydrogen-bond acceptors (Lipinski definition) is 5. The fourth-order valence-electron chi connectivity index (χ4n) is 1.93. The maximum absolute atomic E-state index is 11.4. The largest absolute Gasteiger partial charge is 0.493 e. The van der Waals surface area contributed by atoms with Crippen LogP contribution in [0.2, 0.25) is 0 Å². The summed E-state index contributed by atoms with van der Waals surface area (Å²) in [6, 6.07) is 5.50. The molecule has 0 aliphatic carbocycles. The van der Waals surface area contributed by atoms with Crippen LogP contribution in [-0.2, 0) is 10.0 Å². The van der Waals surface area contributed by atoms with E-state index in [1.165, 1.54) is 0 Å². The molecule has 0 radical (unpaired) electrons. The molecule has 1 aromatic carbocycles. The monoisotopic (exact) mass is 372 g/mol. The average Bonchev–Trinajstić information content (AvgIpc) is 2.60. The Labute approximate surface area is 150 Å². The molecule has 0 aliphatic heterocycles. The lowest BCUT2D eigenvalue weighted by Crippen LogP contribution is -2.32. The van der Waals surface area contributed by atoms with E-state index in [0.717, 1.165) is 5.69 Å². The van der Waals surface area contributed by atoms with Crippen molar-refractivity contribution < 1.29 is 17.9 Å². The molecule has 1 rings (SSSR count). The fraction of sp³-hybridized carbons (Fsp3) is 0.562. The third-order valence-corrected chi connectivity index (χ3v) is 4.56. The predicted octanol–water partition coefficient (Wildman–Crippen LogP) is 1.41. The maximum atomic E-state index is 11.4. The quantitative estimate of drug-likeness (QED) is 0.326. The summed E-state index contributed by atoms with van der Waals surface area (Å²) in [6.07, 6.45) is 0. The molecular formula is C16H28N4O4S. The van der Waals surface area contributed by atoms with Gasteiger partial charge in [0.05, 0.1) is 26.0 Å². The van der Waals surface area contributed by atoms with Gasteiger partial charge in [0, 0.05) is 24.8 Å². The Bertz CT molecular complexity index is 662. The van der Waals surface area contributed by atoms with Gasteiger partial charge in [-0.25, -0.2) is 13.1 Å². The first-order valence-electron chi connectivity index (χ1n) is 8.29. The van der Waals surface area contributed by atoms with E-state index in [1.54, 1.807) is 14.0 Å². The highest BCUT2D eigenvalue weighted by atomic mass is 32.2. The second kappa shape index (κ2) is 10.8. The minimum atomic E-state index is -3.20. The summed E-state index contributed by atoms with van der Waals surface area (Å²) in [4.78, 5) is 4.36. The number of guanidine groups is 1. The number of anilines is 1. The lowest BCUT2D eigenvalue weighted by molar-refractivity contribution is 0.311. The van der Waals surface area contributed by atoms with Gasteiger partial charge in [0.25, 0.3) is 0 Å². The van der Waals surface area contributed by atoms with Crippen LogP contribution in [-0.4, -0.2) is 53.5 Å². The van der Waals surface area contributed by atoms with Gasteiger partial charge in [-0.3, -0.25) is 4.99 Å². The molecule has 0 atom stereocenters. The number of benzene rings is 1. The highest BCUT2D eigenvalue weighted by molar-refractivity contribution is 7.89. The normalized spacial score (nSPS) is 11.9. The zero-order valence-electron chi connectivity index (χ0n) is 15.3. The first kappa shape index (κ1) is 21.0. The van der Waals surface area contributed by atoms with Crippen molar-refractivity contribution in [3.63, 3.8) is 0 Å². The lowest BCUT2D eigenvalue weighted by Gasteiger charge is -2.14. The first-order chi connectivity index (χ1) is 12.0. The smallest absolute Gasteiger partial charge is 0.211 e. The molecule has 0 saturated carbocycles. The summed E-state index contributed by atoms with van der Waals surface area (Å²) in [5.74, 6) is 1.91. The molecule has 3 N–H and O–H groups in total. The van der Waals surface area contributed by atoms with E-state index in [9.17, 15) is 8.42 Å². The van der Waals surface area contributed by atoms with Crippen molar-refractivity contribution in [3.8, 4) is 11.5 Å². The van der Waals surface area contributed by atoms with Gasteiger partial charge < -0.3 is 20.1 Å². The SMILES string of the molecule is CCNC(=NCCNS(=O)(=O)CC)Nc1ccc(OCC)c(OC)c1. The Kier molecular flexibility index (Phi) is 9.07. The number of aliphatic imine (C=N–C) groups is 1. The molecule has 0 bridgehead atoms. The van der Waals surface area contributed by atoms with Crippen LogP contribution < -0.4 is 24.8 Å². The highest BCUT2D eigenvalue weighted by Crippen LogP contribution is 2.30. The molecule has 142 valence electrons. The number of hydrogen-bond donors (Lipinski definition) is 3. The minimum absolute atomic E-state index is 0.0566. The number of rotatable bonds is 10. The van der Waals surface area contributed by atoms with Gasteiger partial charge in [-0.2, -0.15) is 0 Å². The Morgan fingerprint density at radius 2 is 1.96 bits per heavy atom. The third kappa shape index (κ3) is 7.61. The molecule has 0 saturated heterocycles. The second-order valence-corrected chi connectivity index (χ2v) is 7.08. The van der Waals surface area contributed by atoms with Crippen molar-refractivity contribution in [1.29, 1.82) is 0 Å². The van der Waals surface area contributed by atoms with Gasteiger partial charge >= 0.3 is 0 Å². The summed E-state index contributed by atoms with van der Waals surface area (Å²) in [7, 11) is -1.61. The number of nitrogens with one attached hydrogen (secondary N) is 3. The maximum Gasteiger partial charge on any atom is 0.211 e. The highest BCUT2D eigenvalue weighted by Gasteiger charge is 2.07. The van der Waals surface area contributed by atoms with E-state index < -0.39 is 10.0 Å². The van der Waals surface area contributed by atoms with Crippen molar-refractivity contribution in [2.24, 2.45) is 4.99 Å². The molecule has 0 amide bonds. The van der Waals surface area contributed by atoms with Crippen LogP contribution in [0.25, 0.3) is 0 Å². The second-order valence-electron chi connectivity index (χ2n) is 4.98. The van der Waals surface area contributed by atoms with Gasteiger partial charge in [-0.05, 0) is 32.9 Å². The van der Waals surface area contributed by atoms with Crippen LogP contribution in [0.3, 0.4) is 0 Å². The van der Waals surface area contributed by atoms with Gasteiger partial charge in [0.15, 0.2) is 17.5 Å². The van der Waals surface area contributed by atoms with E-state index in [2.05, 4.69) is 20.3 Å². The molecular weight excluding hydrogens is 344 g/mol. The van der Waals surface area contributed by atoms with Crippen molar-refractivity contribution in [2.75, 3.05) is 44.4 Å². The summed E-state index contributed by atoms with van der Waals surface area (Å²) >= 11 is 0. The Morgan fingerprint density at radius 3 is 2.56 bits per heavy atom. The predicted molar refractivity (Wildman–Crippen MR) is 101 cm³/mol. The number of sulfonamides is 1. The molecule has 25 heavy (non-hydrogen) atoms. The molecule has 0 aliphatic rings. The zero-order valence-corrected chi connectivity index (χ0v) is 16.1. The van der Waals surface area contributed by atoms with Gasteiger partial charge in [0.2, 0.25) is 10.0 Å². The molecule has 0 heterocycles. The molecule has 9 heteroatoms. The fourth-order valence-corrected chi connectivity index (χ4v) is 2.54. The number of methoxy groups -OCH3 is 1. The molecule has 0 fully saturated rings. The van der Waals surface area contributed by atoms with E-state index in [-0.39, 0.29) is 12.3 Å². The van der Waals surface area contributed by atoms with Gasteiger partial charge in [-0.15, -0.1) is 0 Å². The summed E-state index contributed by atoms with van der Waals surface area (Å²) < 4.78 is 36.1. The Balaban J connectivity index is 2.75. The molecule has 1 aromatic rings. The molecule has 0 unspecified atom stereocenters. The van der Waals surface area contributed by atoms with Crippen LogP contribution >= 0.6 is 0 Å². The molecule has 0 spiro atoms. The van der Waals surface area contributed by atoms with E-state index >= 15 is 0 Å². The standard InChI is InChI=1S/C16H28N4O4S/c1-5-17-16(18-10-11-19-25(21,22)7-3)20-13-8-9-14(24-6-2)15(12-13)23-4/h8-9,12,19H,5-7,10-11H2,1-4H3,(H2,17,18,20). The minimum Gasteiger partial charge on any atom is -0.493 e. The molecule has 0 aromatic heterocycles. The summed E-state index contributed by atoms with van der Waals surface area (Å²) in [5, 5.41) is 6.27. The van der Waals surface area contributed by atoms with Crippen molar-refractivity contribution in [1.82, 2.24) is 10.0 Å². The van der Waals surface area contributed by atoms with E-state index in [0.29, 0.717) is 37.2 Å². The lowest BCUT2D eigenvalue weighted by atomic mass is 10.2. The van der Waals surface area contributed by atoms with E-state index in [1.807, 2.05) is 32.0 Å². The third-order valence-electron chi connectivity index (χ3n) is 3.15.